The van der Waals surface area contributed by atoms with Gasteiger partial charge in [-0.3, -0.25) is 0 Å². The zero-order chi connectivity index (χ0) is 12.3. The number of benzene rings is 1. The van der Waals surface area contributed by atoms with Gasteiger partial charge < -0.3 is 10.1 Å². The van der Waals surface area contributed by atoms with Crippen LogP contribution in [0.15, 0.2) is 29.8 Å². The molecule has 3 nitrogen and oxygen atoms in total. The van der Waals surface area contributed by atoms with Gasteiger partial charge in [-0.05, 0) is 36.2 Å². The molecule has 1 aliphatic heterocycles. The minimum atomic E-state index is -0.271. The quantitative estimate of drug-likeness (QED) is 0.820. The Morgan fingerprint density at radius 3 is 3.00 bits per heavy atom. The normalized spacial score (nSPS) is 15.9. The van der Waals surface area contributed by atoms with Crippen LogP contribution in [0.4, 0.5) is 0 Å². The van der Waals surface area contributed by atoms with E-state index in [0.29, 0.717) is 17.1 Å². The van der Waals surface area contributed by atoms with E-state index in [2.05, 4.69) is 5.32 Å². The number of carbonyl (C=O) groups excluding carboxylic acids is 1. The molecule has 0 aromatic heterocycles. The first-order valence-corrected chi connectivity index (χ1v) is 5.87. The molecule has 1 aliphatic rings. The van der Waals surface area contributed by atoms with Crippen LogP contribution in [-0.4, -0.2) is 26.2 Å². The van der Waals surface area contributed by atoms with Gasteiger partial charge in [0.15, 0.2) is 0 Å². The van der Waals surface area contributed by atoms with Crippen LogP contribution < -0.4 is 5.32 Å². The van der Waals surface area contributed by atoms with Crippen LogP contribution in [0.25, 0.3) is 5.57 Å². The summed E-state index contributed by atoms with van der Waals surface area (Å²) in [5.74, 6) is -0.271. The summed E-state index contributed by atoms with van der Waals surface area (Å²) >= 11 is 5.97. The number of carbonyl (C=O) groups is 1. The lowest BCUT2D eigenvalue weighted by Crippen LogP contribution is -2.28. The first-order valence-electron chi connectivity index (χ1n) is 5.49. The zero-order valence-corrected chi connectivity index (χ0v) is 10.4. The van der Waals surface area contributed by atoms with Crippen molar-refractivity contribution in [1.82, 2.24) is 5.32 Å². The number of esters is 1. The van der Waals surface area contributed by atoms with E-state index < -0.39 is 0 Å². The van der Waals surface area contributed by atoms with E-state index in [1.807, 2.05) is 24.3 Å². The number of nitrogens with one attached hydrogen (secondary N) is 1. The fourth-order valence-corrected chi connectivity index (χ4v) is 2.19. The molecule has 1 heterocycles. The first kappa shape index (κ1) is 12.1. The van der Waals surface area contributed by atoms with E-state index in [1.165, 1.54) is 7.11 Å². The maximum atomic E-state index is 11.7. The van der Waals surface area contributed by atoms with Crippen molar-refractivity contribution in [1.29, 1.82) is 0 Å². The summed E-state index contributed by atoms with van der Waals surface area (Å²) in [6.07, 6.45) is 0.810. The number of ether oxygens (including phenoxy) is 1. The highest BCUT2D eigenvalue weighted by Gasteiger charge is 2.20. The zero-order valence-electron chi connectivity index (χ0n) is 9.63. The van der Waals surface area contributed by atoms with Crippen molar-refractivity contribution < 1.29 is 9.53 Å². The minimum absolute atomic E-state index is 0.271. The first-order chi connectivity index (χ1) is 8.22. The van der Waals surface area contributed by atoms with Crippen LogP contribution >= 0.6 is 11.6 Å². The van der Waals surface area contributed by atoms with Gasteiger partial charge >= 0.3 is 5.97 Å². The van der Waals surface area contributed by atoms with Crippen molar-refractivity contribution >= 4 is 23.1 Å². The summed E-state index contributed by atoms with van der Waals surface area (Å²) in [6, 6.07) is 7.56. The van der Waals surface area contributed by atoms with Gasteiger partial charge in [0.05, 0.1) is 12.7 Å². The molecule has 0 radical (unpaired) electrons. The summed E-state index contributed by atoms with van der Waals surface area (Å²) in [5, 5.41) is 3.85. The lowest BCUT2D eigenvalue weighted by molar-refractivity contribution is -0.136. The molecule has 1 N–H and O–H groups in total. The Morgan fingerprint density at radius 1 is 1.47 bits per heavy atom. The Labute approximate surface area is 105 Å². The largest absolute Gasteiger partial charge is 0.466 e. The number of methoxy groups -OCH3 is 1. The van der Waals surface area contributed by atoms with E-state index in [4.69, 9.17) is 16.3 Å². The van der Waals surface area contributed by atoms with Crippen LogP contribution in [0.3, 0.4) is 0 Å². The SMILES string of the molecule is COC(=O)C1=C(c2cccc(Cl)c2)CCNC1. The number of halogens is 1. The topological polar surface area (TPSA) is 38.3 Å². The Hall–Kier alpha value is -1.32. The molecular weight excluding hydrogens is 238 g/mol. The van der Waals surface area contributed by atoms with Crippen LogP contribution in [0, 0.1) is 0 Å². The molecule has 0 unspecified atom stereocenters. The molecule has 4 heteroatoms. The molecule has 0 amide bonds. The van der Waals surface area contributed by atoms with Gasteiger partial charge in [-0.1, -0.05) is 23.7 Å². The van der Waals surface area contributed by atoms with E-state index in [9.17, 15) is 4.79 Å². The van der Waals surface area contributed by atoms with Crippen molar-refractivity contribution in [2.45, 2.75) is 6.42 Å². The Kier molecular flexibility index (Phi) is 3.82. The summed E-state index contributed by atoms with van der Waals surface area (Å²) in [4.78, 5) is 11.7. The van der Waals surface area contributed by atoms with Crippen molar-refractivity contribution in [3.05, 3.63) is 40.4 Å². The van der Waals surface area contributed by atoms with Crippen molar-refractivity contribution in [3.63, 3.8) is 0 Å². The molecule has 17 heavy (non-hydrogen) atoms. The van der Waals surface area contributed by atoms with E-state index in [1.54, 1.807) is 0 Å². The molecule has 1 aromatic rings. The predicted octanol–water partition coefficient (Wildman–Crippen LogP) is 2.26. The summed E-state index contributed by atoms with van der Waals surface area (Å²) in [7, 11) is 1.40. The molecule has 0 atom stereocenters. The third-order valence-corrected chi connectivity index (χ3v) is 3.06. The molecule has 90 valence electrons. The van der Waals surface area contributed by atoms with Crippen LogP contribution in [0.2, 0.25) is 5.02 Å². The standard InChI is InChI=1S/C13H14ClNO2/c1-17-13(16)12-8-15-6-5-11(12)9-3-2-4-10(14)7-9/h2-4,7,15H,5-6,8H2,1H3. The van der Waals surface area contributed by atoms with Crippen LogP contribution in [0.5, 0.6) is 0 Å². The third kappa shape index (κ3) is 2.68. The maximum absolute atomic E-state index is 11.7. The van der Waals surface area contributed by atoms with Gasteiger partial charge in [-0.25, -0.2) is 4.79 Å². The Bertz CT molecular complexity index is 468. The molecule has 0 aliphatic carbocycles. The number of hydrogen-bond donors (Lipinski definition) is 1. The van der Waals surface area contributed by atoms with E-state index >= 15 is 0 Å². The third-order valence-electron chi connectivity index (χ3n) is 2.82. The lowest BCUT2D eigenvalue weighted by Gasteiger charge is -2.20. The Balaban J connectivity index is 2.45. The molecule has 0 saturated heterocycles. The monoisotopic (exact) mass is 251 g/mol. The molecular formula is C13H14ClNO2. The lowest BCUT2D eigenvalue weighted by atomic mass is 9.94. The molecule has 0 bridgehead atoms. The second kappa shape index (κ2) is 5.34. The van der Waals surface area contributed by atoms with Crippen LogP contribution in [-0.2, 0) is 9.53 Å². The molecule has 0 spiro atoms. The summed E-state index contributed by atoms with van der Waals surface area (Å²) in [5.41, 5.74) is 2.72. The average Bonchev–Trinajstić information content (AvgIpc) is 2.38. The van der Waals surface area contributed by atoms with Crippen LogP contribution in [0.1, 0.15) is 12.0 Å². The average molecular weight is 252 g/mol. The highest BCUT2D eigenvalue weighted by molar-refractivity contribution is 6.30. The maximum Gasteiger partial charge on any atom is 0.335 e. The summed E-state index contributed by atoms with van der Waals surface area (Å²) < 4.78 is 4.80. The molecule has 1 aromatic carbocycles. The van der Waals surface area contributed by atoms with Gasteiger partial charge in [0.1, 0.15) is 0 Å². The van der Waals surface area contributed by atoms with Crippen molar-refractivity contribution in [2.24, 2.45) is 0 Å². The fraction of sp³-hybridized carbons (Fsp3) is 0.308. The molecule has 0 fully saturated rings. The number of hydrogen-bond acceptors (Lipinski definition) is 3. The number of rotatable bonds is 2. The minimum Gasteiger partial charge on any atom is -0.466 e. The van der Waals surface area contributed by atoms with Gasteiger partial charge in [0, 0.05) is 11.6 Å². The Morgan fingerprint density at radius 2 is 2.29 bits per heavy atom. The van der Waals surface area contributed by atoms with Gasteiger partial charge in [0.2, 0.25) is 0 Å². The second-order valence-electron chi connectivity index (χ2n) is 3.89. The molecule has 0 saturated carbocycles. The van der Waals surface area contributed by atoms with Gasteiger partial charge in [-0.2, -0.15) is 0 Å². The van der Waals surface area contributed by atoms with Gasteiger partial charge in [0.25, 0.3) is 0 Å². The highest BCUT2D eigenvalue weighted by Crippen LogP contribution is 2.27. The summed E-state index contributed by atoms with van der Waals surface area (Å²) in [6.45, 7) is 1.41. The van der Waals surface area contributed by atoms with E-state index in [0.717, 1.165) is 24.1 Å². The van der Waals surface area contributed by atoms with Crippen molar-refractivity contribution in [3.8, 4) is 0 Å². The molecule has 2 rings (SSSR count). The predicted molar refractivity (Wildman–Crippen MR) is 67.9 cm³/mol. The van der Waals surface area contributed by atoms with Gasteiger partial charge in [-0.15, -0.1) is 0 Å². The second-order valence-corrected chi connectivity index (χ2v) is 4.32. The van der Waals surface area contributed by atoms with E-state index in [-0.39, 0.29) is 5.97 Å². The van der Waals surface area contributed by atoms with Crippen molar-refractivity contribution in [2.75, 3.05) is 20.2 Å². The fourth-order valence-electron chi connectivity index (χ4n) is 2.00. The smallest absolute Gasteiger partial charge is 0.335 e. The highest BCUT2D eigenvalue weighted by atomic mass is 35.5.